The molecule has 0 atom stereocenters. The number of rotatable bonds is 4. The molecule has 0 spiro atoms. The van der Waals surface area contributed by atoms with Crippen LogP contribution in [0.5, 0.6) is 0 Å². The van der Waals surface area contributed by atoms with Crippen molar-refractivity contribution >= 4 is 17.5 Å². The Labute approximate surface area is 128 Å². The molecule has 0 saturated carbocycles. The molecule has 21 heavy (non-hydrogen) atoms. The van der Waals surface area contributed by atoms with Gasteiger partial charge in [-0.2, -0.15) is 4.98 Å². The molecule has 0 bridgehead atoms. The smallest absolute Gasteiger partial charge is 0.245 e. The van der Waals surface area contributed by atoms with E-state index in [1.54, 1.807) is 0 Å². The fraction of sp³-hybridized carbons (Fsp3) is 0.692. The molecule has 0 amide bonds. The van der Waals surface area contributed by atoms with Gasteiger partial charge in [0.05, 0.1) is 5.69 Å². The monoisotopic (exact) mass is 307 g/mol. The minimum absolute atomic E-state index is 0.332. The molecule has 3 rings (SSSR count). The third kappa shape index (κ3) is 2.91. The molecule has 8 heteroatoms. The summed E-state index contributed by atoms with van der Waals surface area (Å²) < 4.78 is 4.04. The van der Waals surface area contributed by atoms with Crippen molar-refractivity contribution in [3.05, 3.63) is 5.69 Å². The second-order valence-corrected chi connectivity index (χ2v) is 6.43. The number of anilines is 1. The average molecular weight is 307 g/mol. The predicted molar refractivity (Wildman–Crippen MR) is 83.7 cm³/mol. The lowest BCUT2D eigenvalue weighted by atomic mass is 10.1. The van der Waals surface area contributed by atoms with Crippen LogP contribution in [-0.4, -0.2) is 50.9 Å². The zero-order valence-corrected chi connectivity index (χ0v) is 13.4. The molecule has 1 saturated heterocycles. The van der Waals surface area contributed by atoms with Crippen molar-refractivity contribution in [1.82, 2.24) is 30.1 Å². The van der Waals surface area contributed by atoms with Crippen LogP contribution in [0.3, 0.4) is 0 Å². The highest BCUT2D eigenvalue weighted by molar-refractivity contribution is 7.09. The van der Waals surface area contributed by atoms with Gasteiger partial charge in [-0.25, -0.2) is 0 Å². The van der Waals surface area contributed by atoms with Crippen molar-refractivity contribution in [2.24, 2.45) is 0 Å². The Hall–Kier alpha value is -1.54. The number of nitrogens with zero attached hydrogens (tertiary/aromatic N) is 5. The standard InChI is InChI=1S/C13H21N7S/c1-8(2)10-11(21-19-16-10)12-15-13(18-17-12)20-6-4-9(14-3)5-7-20/h8-9,14H,4-7H2,1-3H3,(H,15,17,18). The summed E-state index contributed by atoms with van der Waals surface area (Å²) in [7, 11) is 2.02. The number of H-pyrrole nitrogens is 1. The first-order valence-electron chi connectivity index (χ1n) is 7.36. The lowest BCUT2D eigenvalue weighted by Crippen LogP contribution is -2.41. The lowest BCUT2D eigenvalue weighted by molar-refractivity contribution is 0.439. The summed E-state index contributed by atoms with van der Waals surface area (Å²) in [6.45, 7) is 6.20. The quantitative estimate of drug-likeness (QED) is 0.893. The third-order valence-corrected chi connectivity index (χ3v) is 4.68. The van der Waals surface area contributed by atoms with Crippen molar-refractivity contribution in [3.8, 4) is 10.7 Å². The van der Waals surface area contributed by atoms with Gasteiger partial charge in [-0.05, 0) is 37.3 Å². The van der Waals surface area contributed by atoms with E-state index in [-0.39, 0.29) is 0 Å². The van der Waals surface area contributed by atoms with Crippen LogP contribution in [0.4, 0.5) is 5.95 Å². The zero-order chi connectivity index (χ0) is 14.8. The lowest BCUT2D eigenvalue weighted by Gasteiger charge is -2.30. The first-order chi connectivity index (χ1) is 10.2. The Bertz CT molecular complexity index is 583. The topological polar surface area (TPSA) is 82.6 Å². The maximum Gasteiger partial charge on any atom is 0.245 e. The molecule has 114 valence electrons. The van der Waals surface area contributed by atoms with E-state index < -0.39 is 0 Å². The van der Waals surface area contributed by atoms with Crippen molar-refractivity contribution in [2.45, 2.75) is 38.6 Å². The van der Waals surface area contributed by atoms with Crippen LogP contribution in [0.1, 0.15) is 38.3 Å². The van der Waals surface area contributed by atoms with E-state index in [9.17, 15) is 0 Å². The molecule has 1 fully saturated rings. The fourth-order valence-corrected chi connectivity index (χ4v) is 3.36. The van der Waals surface area contributed by atoms with E-state index in [4.69, 9.17) is 0 Å². The molecule has 1 aliphatic heterocycles. The third-order valence-electron chi connectivity index (χ3n) is 3.93. The minimum atomic E-state index is 0.332. The normalized spacial score (nSPS) is 16.9. The van der Waals surface area contributed by atoms with E-state index in [2.05, 4.69) is 48.8 Å². The molecule has 7 nitrogen and oxygen atoms in total. The van der Waals surface area contributed by atoms with Gasteiger partial charge in [0.25, 0.3) is 0 Å². The molecule has 0 unspecified atom stereocenters. The second-order valence-electron chi connectivity index (χ2n) is 5.68. The van der Waals surface area contributed by atoms with E-state index in [1.807, 2.05) is 7.05 Å². The van der Waals surface area contributed by atoms with Gasteiger partial charge in [0.1, 0.15) is 4.88 Å². The SMILES string of the molecule is CNC1CCN(c2n[nH]c(-c3snnc3C(C)C)n2)CC1. The Kier molecular flexibility index (Phi) is 4.16. The highest BCUT2D eigenvalue weighted by atomic mass is 32.1. The van der Waals surface area contributed by atoms with Crippen molar-refractivity contribution < 1.29 is 0 Å². The molecule has 2 aromatic rings. The van der Waals surface area contributed by atoms with E-state index in [0.717, 1.165) is 48.3 Å². The molecule has 0 aliphatic carbocycles. The second kappa shape index (κ2) is 6.07. The summed E-state index contributed by atoms with van der Waals surface area (Å²) in [5, 5.41) is 14.9. The fourth-order valence-electron chi connectivity index (χ4n) is 2.60. The van der Waals surface area contributed by atoms with Crippen LogP contribution in [0.25, 0.3) is 10.7 Å². The molecular formula is C13H21N7S. The van der Waals surface area contributed by atoms with Crippen molar-refractivity contribution in [1.29, 1.82) is 0 Å². The van der Waals surface area contributed by atoms with Crippen LogP contribution in [0.2, 0.25) is 0 Å². The maximum atomic E-state index is 4.64. The van der Waals surface area contributed by atoms with Crippen molar-refractivity contribution in [2.75, 3.05) is 25.0 Å². The van der Waals surface area contributed by atoms with Crippen LogP contribution < -0.4 is 10.2 Å². The average Bonchev–Trinajstić information content (AvgIpc) is 3.16. The van der Waals surface area contributed by atoms with Crippen LogP contribution in [0, 0.1) is 0 Å². The molecule has 0 aromatic carbocycles. The number of piperidine rings is 1. The number of aromatic amines is 1. The van der Waals surface area contributed by atoms with Gasteiger partial charge < -0.3 is 10.2 Å². The Morgan fingerprint density at radius 2 is 2.10 bits per heavy atom. The number of hydrogen-bond acceptors (Lipinski definition) is 7. The first-order valence-corrected chi connectivity index (χ1v) is 8.13. The number of aromatic nitrogens is 5. The van der Waals surface area contributed by atoms with Gasteiger partial charge in [0, 0.05) is 19.1 Å². The van der Waals surface area contributed by atoms with Crippen LogP contribution in [0.15, 0.2) is 0 Å². The largest absolute Gasteiger partial charge is 0.339 e. The summed E-state index contributed by atoms with van der Waals surface area (Å²) in [4.78, 5) is 7.87. The van der Waals surface area contributed by atoms with Gasteiger partial charge in [0.2, 0.25) is 5.95 Å². The minimum Gasteiger partial charge on any atom is -0.339 e. The number of nitrogens with one attached hydrogen (secondary N) is 2. The summed E-state index contributed by atoms with van der Waals surface area (Å²) >= 11 is 1.37. The highest BCUT2D eigenvalue weighted by Crippen LogP contribution is 2.29. The highest BCUT2D eigenvalue weighted by Gasteiger charge is 2.22. The van der Waals surface area contributed by atoms with Crippen LogP contribution >= 0.6 is 11.5 Å². The Morgan fingerprint density at radius 3 is 2.76 bits per heavy atom. The maximum absolute atomic E-state index is 4.64. The molecular weight excluding hydrogens is 286 g/mol. The molecule has 0 radical (unpaired) electrons. The molecule has 2 N–H and O–H groups in total. The van der Waals surface area contributed by atoms with Gasteiger partial charge in [-0.15, -0.1) is 10.2 Å². The predicted octanol–water partition coefficient (Wildman–Crippen LogP) is 1.63. The number of hydrogen-bond donors (Lipinski definition) is 2. The van der Waals surface area contributed by atoms with E-state index in [0.29, 0.717) is 12.0 Å². The van der Waals surface area contributed by atoms with Gasteiger partial charge in [0.15, 0.2) is 5.82 Å². The summed E-state index contributed by atoms with van der Waals surface area (Å²) in [6.07, 6.45) is 2.25. The zero-order valence-electron chi connectivity index (χ0n) is 12.6. The van der Waals surface area contributed by atoms with Gasteiger partial charge in [-0.3, -0.25) is 5.10 Å². The van der Waals surface area contributed by atoms with Gasteiger partial charge in [-0.1, -0.05) is 18.3 Å². The Balaban J connectivity index is 1.76. The molecule has 1 aliphatic rings. The van der Waals surface area contributed by atoms with Gasteiger partial charge >= 0.3 is 0 Å². The summed E-state index contributed by atoms with van der Waals surface area (Å²) in [6, 6.07) is 0.609. The van der Waals surface area contributed by atoms with Crippen molar-refractivity contribution in [3.63, 3.8) is 0 Å². The summed E-state index contributed by atoms with van der Waals surface area (Å²) in [5.41, 5.74) is 0.983. The van der Waals surface area contributed by atoms with E-state index >= 15 is 0 Å². The first kappa shape index (κ1) is 14.4. The van der Waals surface area contributed by atoms with Crippen LogP contribution in [-0.2, 0) is 0 Å². The summed E-state index contributed by atoms with van der Waals surface area (Å²) in [5.74, 6) is 1.89. The molecule has 3 heterocycles. The molecule has 2 aromatic heterocycles. The van der Waals surface area contributed by atoms with E-state index in [1.165, 1.54) is 11.5 Å². The Morgan fingerprint density at radius 1 is 1.33 bits per heavy atom.